The lowest BCUT2D eigenvalue weighted by Gasteiger charge is -2.55. The average Bonchev–Trinajstić information content (AvgIpc) is 3.26. The third-order valence-corrected chi connectivity index (χ3v) is 6.57. The third-order valence-electron chi connectivity index (χ3n) is 6.57. The second-order valence-corrected chi connectivity index (χ2v) is 8.30. The third kappa shape index (κ3) is 2.05. The molecule has 2 saturated heterocycles. The lowest BCUT2D eigenvalue weighted by molar-refractivity contribution is -0.364. The largest absolute Gasteiger partial charge is 0.462 e. The van der Waals surface area contributed by atoms with Gasteiger partial charge in [-0.15, -0.1) is 0 Å². The fourth-order valence-electron chi connectivity index (χ4n) is 5.88. The highest BCUT2D eigenvalue weighted by Crippen LogP contribution is 2.60. The van der Waals surface area contributed by atoms with Gasteiger partial charge in [-0.1, -0.05) is 0 Å². The Balaban J connectivity index is 1.22. The molecule has 2 aliphatic heterocycles. The number of hydrogen-bond donors (Lipinski definition) is 0. The van der Waals surface area contributed by atoms with Gasteiger partial charge in [-0.2, -0.15) is 0 Å². The summed E-state index contributed by atoms with van der Waals surface area (Å²) >= 11 is 0. The standard InChI is InChI=1S/C17H24O5/c1-9-14-15(20-14)13(22-21-9)8-19-16(18)17-5-10-2-11(6-17)4-12(3-10)7-17/h9-15H,2-8H2,1H3/t9-,10?,11?,12?,13+,14-,15+,17?/m0/s1. The van der Waals surface area contributed by atoms with Crippen molar-refractivity contribution < 1.29 is 24.0 Å². The molecule has 5 heteroatoms. The molecule has 6 fully saturated rings. The van der Waals surface area contributed by atoms with Crippen LogP contribution in [0.5, 0.6) is 0 Å². The summed E-state index contributed by atoms with van der Waals surface area (Å²) in [6.07, 6.45) is 6.98. The van der Waals surface area contributed by atoms with Crippen molar-refractivity contribution in [2.24, 2.45) is 23.2 Å². The SMILES string of the molecule is C[C@@H]1OO[C@H](COC(=O)C23CC4CC(CC(C4)C2)C3)[C@H]2O[C@H]21. The minimum absolute atomic E-state index is 0.00558. The van der Waals surface area contributed by atoms with Gasteiger partial charge in [0.1, 0.15) is 24.9 Å². The van der Waals surface area contributed by atoms with Gasteiger partial charge in [0, 0.05) is 0 Å². The van der Waals surface area contributed by atoms with Crippen LogP contribution in [0.3, 0.4) is 0 Å². The molecule has 0 aromatic carbocycles. The van der Waals surface area contributed by atoms with E-state index in [-0.39, 0.29) is 42.4 Å². The lowest BCUT2D eigenvalue weighted by Crippen LogP contribution is -2.51. The number of esters is 1. The molecule has 4 atom stereocenters. The summed E-state index contributed by atoms with van der Waals surface area (Å²) in [5, 5.41) is 0. The Bertz CT molecular complexity index is 454. The maximum absolute atomic E-state index is 12.8. The first kappa shape index (κ1) is 13.8. The van der Waals surface area contributed by atoms with E-state index in [2.05, 4.69) is 0 Å². The Hall–Kier alpha value is -0.650. The number of epoxide rings is 1. The molecule has 0 unspecified atom stereocenters. The van der Waals surface area contributed by atoms with Crippen molar-refractivity contribution in [3.05, 3.63) is 0 Å². The highest BCUT2D eigenvalue weighted by Gasteiger charge is 2.57. The van der Waals surface area contributed by atoms with Crippen LogP contribution in [0.4, 0.5) is 0 Å². The summed E-state index contributed by atoms with van der Waals surface area (Å²) in [4.78, 5) is 23.3. The highest BCUT2D eigenvalue weighted by molar-refractivity contribution is 5.77. The normalized spacial score (nSPS) is 54.9. The minimum Gasteiger partial charge on any atom is -0.462 e. The molecule has 5 nitrogen and oxygen atoms in total. The van der Waals surface area contributed by atoms with Gasteiger partial charge < -0.3 is 9.47 Å². The van der Waals surface area contributed by atoms with Gasteiger partial charge in [0.15, 0.2) is 6.10 Å². The van der Waals surface area contributed by atoms with E-state index in [1.165, 1.54) is 19.3 Å². The summed E-state index contributed by atoms with van der Waals surface area (Å²) < 4.78 is 11.2. The molecular weight excluding hydrogens is 284 g/mol. The number of rotatable bonds is 3. The van der Waals surface area contributed by atoms with E-state index in [1.54, 1.807) is 0 Å². The molecule has 4 saturated carbocycles. The van der Waals surface area contributed by atoms with Gasteiger partial charge in [0.2, 0.25) is 0 Å². The van der Waals surface area contributed by atoms with E-state index in [0.717, 1.165) is 37.0 Å². The van der Waals surface area contributed by atoms with Gasteiger partial charge in [0.05, 0.1) is 5.41 Å². The predicted molar refractivity (Wildman–Crippen MR) is 75.6 cm³/mol. The number of hydrogen-bond acceptors (Lipinski definition) is 5. The topological polar surface area (TPSA) is 57.3 Å². The van der Waals surface area contributed by atoms with Crippen LogP contribution in [0.25, 0.3) is 0 Å². The Morgan fingerprint density at radius 1 is 1.05 bits per heavy atom. The molecule has 6 aliphatic rings. The zero-order chi connectivity index (χ0) is 14.9. The lowest BCUT2D eigenvalue weighted by atomic mass is 9.49. The minimum atomic E-state index is -0.265. The zero-order valence-corrected chi connectivity index (χ0v) is 13.0. The quantitative estimate of drug-likeness (QED) is 0.454. The molecule has 4 bridgehead atoms. The zero-order valence-electron chi connectivity index (χ0n) is 13.0. The van der Waals surface area contributed by atoms with Crippen LogP contribution in [-0.2, 0) is 24.0 Å². The Morgan fingerprint density at radius 3 is 2.32 bits per heavy atom. The van der Waals surface area contributed by atoms with Crippen LogP contribution >= 0.6 is 0 Å². The summed E-state index contributed by atoms with van der Waals surface area (Å²) in [6.45, 7) is 2.19. The molecule has 2 heterocycles. The summed E-state index contributed by atoms with van der Waals surface area (Å²) in [6, 6.07) is 0. The van der Waals surface area contributed by atoms with E-state index in [0.29, 0.717) is 0 Å². The van der Waals surface area contributed by atoms with Gasteiger partial charge in [0.25, 0.3) is 0 Å². The highest BCUT2D eigenvalue weighted by atomic mass is 17.2. The molecule has 6 rings (SSSR count). The fourth-order valence-corrected chi connectivity index (χ4v) is 5.88. The van der Waals surface area contributed by atoms with Crippen molar-refractivity contribution in [1.29, 1.82) is 0 Å². The van der Waals surface area contributed by atoms with Gasteiger partial charge in [-0.25, -0.2) is 9.78 Å². The molecular formula is C17H24O5. The van der Waals surface area contributed by atoms with Crippen LogP contribution in [0.2, 0.25) is 0 Å². The van der Waals surface area contributed by atoms with E-state index >= 15 is 0 Å². The smallest absolute Gasteiger partial charge is 0.312 e. The van der Waals surface area contributed by atoms with E-state index < -0.39 is 0 Å². The van der Waals surface area contributed by atoms with Crippen molar-refractivity contribution in [2.75, 3.05) is 6.61 Å². The first-order valence-electron chi connectivity index (χ1n) is 8.78. The Labute approximate surface area is 130 Å². The van der Waals surface area contributed by atoms with Crippen molar-refractivity contribution in [2.45, 2.75) is 69.9 Å². The van der Waals surface area contributed by atoms with Crippen LogP contribution in [0.1, 0.15) is 45.4 Å². The van der Waals surface area contributed by atoms with Crippen LogP contribution < -0.4 is 0 Å². The van der Waals surface area contributed by atoms with E-state index in [1.807, 2.05) is 6.92 Å². The Morgan fingerprint density at radius 2 is 1.68 bits per heavy atom. The molecule has 0 radical (unpaired) electrons. The maximum Gasteiger partial charge on any atom is 0.312 e. The summed E-state index contributed by atoms with van der Waals surface area (Å²) in [7, 11) is 0. The molecule has 0 aromatic rings. The molecule has 22 heavy (non-hydrogen) atoms. The number of carbonyl (C=O) groups is 1. The molecule has 4 aliphatic carbocycles. The summed E-state index contributed by atoms with van der Waals surface area (Å²) in [5.41, 5.74) is -0.193. The maximum atomic E-state index is 12.8. The molecule has 0 spiro atoms. The number of carbonyl (C=O) groups excluding carboxylic acids is 1. The first-order valence-corrected chi connectivity index (χ1v) is 8.78. The van der Waals surface area contributed by atoms with Crippen molar-refractivity contribution in [1.82, 2.24) is 0 Å². The second kappa shape index (κ2) is 4.68. The molecule has 0 amide bonds. The van der Waals surface area contributed by atoms with Crippen LogP contribution in [0.15, 0.2) is 0 Å². The van der Waals surface area contributed by atoms with Gasteiger partial charge >= 0.3 is 5.97 Å². The molecule has 0 N–H and O–H groups in total. The van der Waals surface area contributed by atoms with E-state index in [4.69, 9.17) is 19.2 Å². The van der Waals surface area contributed by atoms with Crippen LogP contribution in [0, 0.1) is 23.2 Å². The van der Waals surface area contributed by atoms with E-state index in [9.17, 15) is 4.79 Å². The number of ether oxygens (including phenoxy) is 2. The second-order valence-electron chi connectivity index (χ2n) is 8.30. The molecule has 0 aromatic heterocycles. The van der Waals surface area contributed by atoms with Crippen LogP contribution in [-0.4, -0.2) is 37.0 Å². The summed E-state index contributed by atoms with van der Waals surface area (Å²) in [5.74, 6) is 2.27. The fraction of sp³-hybridized carbons (Fsp3) is 0.941. The number of fused-ring (bicyclic) bond motifs is 1. The average molecular weight is 308 g/mol. The Kier molecular flexibility index (Phi) is 2.93. The van der Waals surface area contributed by atoms with Crippen molar-refractivity contribution in [3.8, 4) is 0 Å². The van der Waals surface area contributed by atoms with Crippen molar-refractivity contribution >= 4 is 5.97 Å². The monoisotopic (exact) mass is 308 g/mol. The first-order chi connectivity index (χ1) is 10.6. The predicted octanol–water partition coefficient (Wildman–Crippen LogP) is 2.23. The molecule has 122 valence electrons. The van der Waals surface area contributed by atoms with Gasteiger partial charge in [-0.3, -0.25) is 4.79 Å². The van der Waals surface area contributed by atoms with Crippen molar-refractivity contribution in [3.63, 3.8) is 0 Å². The van der Waals surface area contributed by atoms with Gasteiger partial charge in [-0.05, 0) is 63.2 Å².